The van der Waals surface area contributed by atoms with Crippen LogP contribution in [0, 0.1) is 0 Å². The molecule has 3 nitrogen and oxygen atoms in total. The van der Waals surface area contributed by atoms with E-state index in [0.717, 1.165) is 10.2 Å². The third-order valence-electron chi connectivity index (χ3n) is 1.48. The zero-order valence-electron chi connectivity index (χ0n) is 6.32. The summed E-state index contributed by atoms with van der Waals surface area (Å²) in [4.78, 5) is 17.5. The molecular weight excluding hydrogens is 208 g/mol. The van der Waals surface area contributed by atoms with E-state index in [-0.39, 0.29) is 0 Å². The normalized spacial score (nSPS) is 9.92. The summed E-state index contributed by atoms with van der Waals surface area (Å²) in [7, 11) is 0. The van der Waals surface area contributed by atoms with Crippen molar-refractivity contribution in [1.82, 2.24) is 4.98 Å². The molecule has 0 aliphatic carbocycles. The largest absolute Gasteiger partial charge is 0.242 e. The highest BCUT2D eigenvalue weighted by Crippen LogP contribution is 2.29. The van der Waals surface area contributed by atoms with Gasteiger partial charge in [-0.1, -0.05) is 22.9 Å². The average molecular weight is 211 g/mol. The van der Waals surface area contributed by atoms with Gasteiger partial charge in [0, 0.05) is 5.02 Å². The van der Waals surface area contributed by atoms with Crippen molar-refractivity contribution in [3.8, 4) is 0 Å². The fourth-order valence-electron chi connectivity index (χ4n) is 0.975. The SMILES string of the molecule is O=C=Nc1nc2cc(Cl)ccc2s1. The van der Waals surface area contributed by atoms with Gasteiger partial charge in [-0.15, -0.1) is 4.99 Å². The standard InChI is InChI=1S/C8H3ClN2OS/c9-5-1-2-7-6(3-5)11-8(13-7)10-4-12/h1-3H. The maximum atomic E-state index is 9.97. The maximum absolute atomic E-state index is 9.97. The molecule has 0 radical (unpaired) electrons. The number of rotatable bonds is 1. The van der Waals surface area contributed by atoms with Crippen LogP contribution in [0.25, 0.3) is 10.2 Å². The smallest absolute Gasteiger partial charge is 0.218 e. The molecule has 1 aromatic carbocycles. The van der Waals surface area contributed by atoms with E-state index >= 15 is 0 Å². The van der Waals surface area contributed by atoms with Crippen LogP contribution in [-0.4, -0.2) is 11.1 Å². The van der Waals surface area contributed by atoms with E-state index < -0.39 is 0 Å². The molecule has 13 heavy (non-hydrogen) atoms. The fraction of sp³-hybridized carbons (Fsp3) is 0. The molecular formula is C8H3ClN2OS. The molecule has 0 N–H and O–H groups in total. The molecule has 64 valence electrons. The second-order valence-corrected chi connectivity index (χ2v) is 3.76. The van der Waals surface area contributed by atoms with Gasteiger partial charge in [-0.05, 0) is 18.2 Å². The number of aliphatic imine (C=N–C) groups is 1. The van der Waals surface area contributed by atoms with E-state index in [1.807, 2.05) is 6.07 Å². The van der Waals surface area contributed by atoms with Crippen LogP contribution >= 0.6 is 22.9 Å². The molecule has 0 saturated carbocycles. The molecule has 0 fully saturated rings. The van der Waals surface area contributed by atoms with Gasteiger partial charge in [0.1, 0.15) is 0 Å². The van der Waals surface area contributed by atoms with Crippen LogP contribution in [0.15, 0.2) is 23.2 Å². The van der Waals surface area contributed by atoms with E-state index in [2.05, 4.69) is 9.98 Å². The van der Waals surface area contributed by atoms with Crippen LogP contribution < -0.4 is 0 Å². The van der Waals surface area contributed by atoms with Gasteiger partial charge in [-0.25, -0.2) is 9.78 Å². The van der Waals surface area contributed by atoms with Gasteiger partial charge in [-0.2, -0.15) is 0 Å². The zero-order valence-corrected chi connectivity index (χ0v) is 7.89. The maximum Gasteiger partial charge on any atom is 0.242 e. The lowest BCUT2D eigenvalue weighted by molar-refractivity contribution is 0.565. The van der Waals surface area contributed by atoms with Gasteiger partial charge < -0.3 is 0 Å². The zero-order chi connectivity index (χ0) is 9.26. The Balaban J connectivity index is 2.68. The molecule has 1 heterocycles. The summed E-state index contributed by atoms with van der Waals surface area (Å²) >= 11 is 7.09. The van der Waals surface area contributed by atoms with Crippen molar-refractivity contribution >= 4 is 44.4 Å². The molecule has 0 amide bonds. The summed E-state index contributed by atoms with van der Waals surface area (Å²) in [6.07, 6.45) is 1.45. The summed E-state index contributed by atoms with van der Waals surface area (Å²) < 4.78 is 0.957. The van der Waals surface area contributed by atoms with Crippen LogP contribution in [-0.2, 0) is 4.79 Å². The molecule has 0 aliphatic rings. The molecule has 1 aromatic heterocycles. The highest BCUT2D eigenvalue weighted by Gasteiger charge is 2.02. The molecule has 2 aromatic rings. The summed E-state index contributed by atoms with van der Waals surface area (Å²) in [6, 6.07) is 5.35. The Morgan fingerprint density at radius 2 is 2.38 bits per heavy atom. The highest BCUT2D eigenvalue weighted by molar-refractivity contribution is 7.22. The minimum absolute atomic E-state index is 0.410. The summed E-state index contributed by atoms with van der Waals surface area (Å²) in [5, 5.41) is 1.03. The minimum Gasteiger partial charge on any atom is -0.218 e. The molecule has 0 aliphatic heterocycles. The number of nitrogens with zero attached hydrogens (tertiary/aromatic N) is 2. The topological polar surface area (TPSA) is 42.3 Å². The first kappa shape index (κ1) is 8.38. The predicted octanol–water partition coefficient (Wildman–Crippen LogP) is 2.92. The van der Waals surface area contributed by atoms with Crippen molar-refractivity contribution in [2.24, 2.45) is 4.99 Å². The summed E-state index contributed by atoms with van der Waals surface area (Å²) in [6.45, 7) is 0. The van der Waals surface area contributed by atoms with Crippen LogP contribution in [0.2, 0.25) is 5.02 Å². The monoisotopic (exact) mass is 210 g/mol. The first-order chi connectivity index (χ1) is 6.29. The number of aromatic nitrogens is 1. The van der Waals surface area contributed by atoms with Gasteiger partial charge in [0.2, 0.25) is 11.2 Å². The highest BCUT2D eigenvalue weighted by atomic mass is 35.5. The van der Waals surface area contributed by atoms with E-state index in [9.17, 15) is 4.79 Å². The number of halogens is 1. The number of thiazole rings is 1. The molecule has 5 heteroatoms. The molecule has 0 atom stereocenters. The Morgan fingerprint density at radius 1 is 1.54 bits per heavy atom. The fourth-order valence-corrected chi connectivity index (χ4v) is 1.91. The van der Waals surface area contributed by atoms with Crippen molar-refractivity contribution < 1.29 is 4.79 Å². The Morgan fingerprint density at radius 3 is 3.15 bits per heavy atom. The van der Waals surface area contributed by atoms with E-state index in [4.69, 9.17) is 11.6 Å². The number of isocyanates is 1. The Labute approximate surface area is 82.7 Å². The Bertz CT molecular complexity index is 502. The van der Waals surface area contributed by atoms with Crippen molar-refractivity contribution in [3.05, 3.63) is 23.2 Å². The van der Waals surface area contributed by atoms with Gasteiger partial charge in [-0.3, -0.25) is 0 Å². The van der Waals surface area contributed by atoms with Gasteiger partial charge in [0.05, 0.1) is 10.2 Å². The summed E-state index contributed by atoms with van der Waals surface area (Å²) in [5.74, 6) is 0. The first-order valence-electron chi connectivity index (χ1n) is 3.43. The minimum atomic E-state index is 0.410. The predicted molar refractivity (Wildman–Crippen MR) is 52.4 cm³/mol. The van der Waals surface area contributed by atoms with Crippen molar-refractivity contribution in [1.29, 1.82) is 0 Å². The van der Waals surface area contributed by atoms with Crippen LogP contribution in [0.5, 0.6) is 0 Å². The van der Waals surface area contributed by atoms with Crippen LogP contribution in [0.1, 0.15) is 0 Å². The summed E-state index contributed by atoms with van der Waals surface area (Å²) in [5.41, 5.74) is 0.756. The molecule has 0 unspecified atom stereocenters. The quantitative estimate of drug-likeness (QED) is 0.537. The van der Waals surface area contributed by atoms with Crippen molar-refractivity contribution in [2.75, 3.05) is 0 Å². The number of hydrogen-bond acceptors (Lipinski definition) is 4. The number of hydrogen-bond donors (Lipinski definition) is 0. The molecule has 0 bridgehead atoms. The Kier molecular flexibility index (Phi) is 2.10. The van der Waals surface area contributed by atoms with Crippen molar-refractivity contribution in [2.45, 2.75) is 0 Å². The Hall–Kier alpha value is -1.22. The lowest BCUT2D eigenvalue weighted by Gasteiger charge is -1.86. The lowest BCUT2D eigenvalue weighted by atomic mass is 10.3. The number of fused-ring (bicyclic) bond motifs is 1. The van der Waals surface area contributed by atoms with E-state index in [0.29, 0.717) is 10.2 Å². The van der Waals surface area contributed by atoms with Gasteiger partial charge in [0.25, 0.3) is 0 Å². The van der Waals surface area contributed by atoms with Crippen LogP contribution in [0.3, 0.4) is 0 Å². The lowest BCUT2D eigenvalue weighted by Crippen LogP contribution is -1.66. The second-order valence-electron chi connectivity index (χ2n) is 2.31. The average Bonchev–Trinajstić information content (AvgIpc) is 2.46. The van der Waals surface area contributed by atoms with Gasteiger partial charge in [0.15, 0.2) is 0 Å². The first-order valence-corrected chi connectivity index (χ1v) is 4.63. The number of benzene rings is 1. The van der Waals surface area contributed by atoms with E-state index in [1.54, 1.807) is 12.1 Å². The van der Waals surface area contributed by atoms with Crippen molar-refractivity contribution in [3.63, 3.8) is 0 Å². The van der Waals surface area contributed by atoms with Crippen LogP contribution in [0.4, 0.5) is 5.13 Å². The molecule has 2 rings (SSSR count). The molecule has 0 spiro atoms. The number of carbonyl (C=O) groups excluding carboxylic acids is 1. The van der Waals surface area contributed by atoms with E-state index in [1.165, 1.54) is 17.4 Å². The van der Waals surface area contributed by atoms with Gasteiger partial charge >= 0.3 is 0 Å². The molecule has 0 saturated heterocycles. The third-order valence-corrected chi connectivity index (χ3v) is 2.64. The second kappa shape index (κ2) is 3.26. The third kappa shape index (κ3) is 1.60.